The molecule has 3 atom stereocenters. The molecular formula is C21H28O2Si2. The Kier molecular flexibility index (Phi) is 5.51. The summed E-state index contributed by atoms with van der Waals surface area (Å²) < 4.78 is 13.3. The third-order valence-electron chi connectivity index (χ3n) is 5.72. The summed E-state index contributed by atoms with van der Waals surface area (Å²) in [6.45, 7) is 0.984. The minimum atomic E-state index is -1.96. The van der Waals surface area contributed by atoms with Crippen LogP contribution in [0.5, 0.6) is 0 Å². The third-order valence-corrected chi connectivity index (χ3v) is 15.2. The first kappa shape index (κ1) is 17.2. The van der Waals surface area contributed by atoms with Crippen LogP contribution in [0.25, 0.3) is 0 Å². The van der Waals surface area contributed by atoms with Crippen LogP contribution in [0, 0.1) is 0 Å². The Morgan fingerprint density at radius 2 is 1.68 bits per heavy atom. The molecule has 2 aliphatic rings. The second-order valence-electron chi connectivity index (χ2n) is 7.46. The van der Waals surface area contributed by atoms with Crippen LogP contribution in [0.4, 0.5) is 0 Å². The molecule has 2 aromatic rings. The van der Waals surface area contributed by atoms with E-state index in [4.69, 9.17) is 8.85 Å². The summed E-state index contributed by atoms with van der Waals surface area (Å²) >= 11 is 0. The SMILES string of the molecule is c1ccc(C2CCC[Si](C[SiH]3CCCCO3)(c3ccccc3)O2)cc1. The monoisotopic (exact) mass is 368 g/mol. The molecule has 2 aromatic carbocycles. The molecule has 0 amide bonds. The molecule has 0 aliphatic carbocycles. The highest BCUT2D eigenvalue weighted by atomic mass is 28.4. The average molecular weight is 369 g/mol. The molecule has 2 fully saturated rings. The standard InChI is InChI=1S/C21H28O2Si2/c1-3-10-19(11-4-1)21-14-9-17-25(23-21,20-12-5-2-6-13-20)18-24-16-8-7-15-22-24/h1-6,10-13,21,24H,7-9,14-18H2. The number of rotatable bonds is 4. The van der Waals surface area contributed by atoms with Crippen molar-refractivity contribution >= 4 is 22.5 Å². The van der Waals surface area contributed by atoms with Gasteiger partial charge in [0.25, 0.3) is 0 Å². The molecule has 2 nitrogen and oxygen atoms in total. The van der Waals surface area contributed by atoms with Crippen LogP contribution in [-0.4, -0.2) is 24.0 Å². The van der Waals surface area contributed by atoms with E-state index in [0.29, 0.717) is 0 Å². The van der Waals surface area contributed by atoms with Crippen LogP contribution in [0.2, 0.25) is 17.8 Å². The van der Waals surface area contributed by atoms with E-state index in [1.807, 2.05) is 0 Å². The van der Waals surface area contributed by atoms with E-state index >= 15 is 0 Å². The van der Waals surface area contributed by atoms with Crippen LogP contribution >= 0.6 is 0 Å². The van der Waals surface area contributed by atoms with Crippen molar-refractivity contribution in [2.24, 2.45) is 0 Å². The van der Waals surface area contributed by atoms with Crippen molar-refractivity contribution in [1.29, 1.82) is 0 Å². The van der Waals surface area contributed by atoms with Crippen molar-refractivity contribution in [3.05, 3.63) is 66.2 Å². The maximum Gasteiger partial charge on any atom is 0.224 e. The summed E-state index contributed by atoms with van der Waals surface area (Å²) in [5, 5.41) is 1.48. The van der Waals surface area contributed by atoms with Gasteiger partial charge in [0.15, 0.2) is 9.04 Å². The fourth-order valence-electron chi connectivity index (χ4n) is 4.42. The van der Waals surface area contributed by atoms with Crippen molar-refractivity contribution in [3.8, 4) is 0 Å². The van der Waals surface area contributed by atoms with Gasteiger partial charge in [-0.3, -0.25) is 0 Å². The van der Waals surface area contributed by atoms with Crippen molar-refractivity contribution in [1.82, 2.24) is 0 Å². The molecule has 0 saturated carbocycles. The topological polar surface area (TPSA) is 18.5 Å². The van der Waals surface area contributed by atoms with E-state index in [1.54, 1.807) is 0 Å². The van der Waals surface area contributed by atoms with Crippen LogP contribution < -0.4 is 5.19 Å². The molecule has 0 aromatic heterocycles. The van der Waals surface area contributed by atoms with Gasteiger partial charge < -0.3 is 8.85 Å². The smallest absolute Gasteiger partial charge is 0.224 e. The van der Waals surface area contributed by atoms with Gasteiger partial charge in [0.2, 0.25) is 8.32 Å². The molecule has 0 N–H and O–H groups in total. The highest BCUT2D eigenvalue weighted by Crippen LogP contribution is 2.38. The van der Waals surface area contributed by atoms with Crippen molar-refractivity contribution in [2.75, 3.05) is 6.61 Å². The quantitative estimate of drug-likeness (QED) is 0.742. The molecule has 2 aliphatic heterocycles. The van der Waals surface area contributed by atoms with Gasteiger partial charge in [0, 0.05) is 6.61 Å². The predicted octanol–water partition coefficient (Wildman–Crippen LogP) is 4.46. The lowest BCUT2D eigenvalue weighted by molar-refractivity contribution is 0.164. The molecule has 0 radical (unpaired) electrons. The second-order valence-corrected chi connectivity index (χ2v) is 14.6. The summed E-state index contributed by atoms with van der Waals surface area (Å²) in [4.78, 5) is 0. The number of hydrogen-bond acceptors (Lipinski definition) is 2. The van der Waals surface area contributed by atoms with Crippen LogP contribution in [0.15, 0.2) is 60.7 Å². The first-order chi connectivity index (χ1) is 12.4. The Morgan fingerprint density at radius 3 is 2.40 bits per heavy atom. The van der Waals surface area contributed by atoms with E-state index in [-0.39, 0.29) is 6.10 Å². The fraction of sp³-hybridized carbons (Fsp3) is 0.429. The Hall–Kier alpha value is -1.21. The van der Waals surface area contributed by atoms with E-state index in [2.05, 4.69) is 60.7 Å². The normalized spacial score (nSPS) is 30.1. The average Bonchev–Trinajstić information content (AvgIpc) is 2.70. The fourth-order valence-corrected chi connectivity index (χ4v) is 15.1. The predicted molar refractivity (Wildman–Crippen MR) is 108 cm³/mol. The summed E-state index contributed by atoms with van der Waals surface area (Å²) in [6.07, 6.45) is 5.30. The van der Waals surface area contributed by atoms with E-state index in [9.17, 15) is 0 Å². The highest BCUT2D eigenvalue weighted by Gasteiger charge is 2.45. The number of benzene rings is 2. The zero-order chi connectivity index (χ0) is 17.0. The Balaban J connectivity index is 1.62. The van der Waals surface area contributed by atoms with Crippen LogP contribution in [0.3, 0.4) is 0 Å². The summed E-state index contributed by atoms with van der Waals surface area (Å²) in [7, 11) is -3.08. The van der Waals surface area contributed by atoms with Gasteiger partial charge in [-0.1, -0.05) is 73.5 Å². The molecular weight excluding hydrogens is 340 g/mol. The summed E-state index contributed by atoms with van der Waals surface area (Å²) in [5.74, 6) is 0. The van der Waals surface area contributed by atoms with Gasteiger partial charge in [-0.2, -0.15) is 0 Å². The Labute approximate surface area is 154 Å². The maximum atomic E-state index is 7.04. The molecule has 0 bridgehead atoms. The van der Waals surface area contributed by atoms with Gasteiger partial charge in [0.1, 0.15) is 0 Å². The Bertz CT molecular complexity index is 658. The van der Waals surface area contributed by atoms with Gasteiger partial charge in [-0.15, -0.1) is 0 Å². The van der Waals surface area contributed by atoms with Crippen LogP contribution in [-0.2, 0) is 8.85 Å². The lowest BCUT2D eigenvalue weighted by Gasteiger charge is -2.42. The molecule has 4 heteroatoms. The van der Waals surface area contributed by atoms with Gasteiger partial charge in [0.05, 0.1) is 6.10 Å². The second kappa shape index (κ2) is 8.00. The minimum Gasteiger partial charge on any atom is -0.420 e. The minimum absolute atomic E-state index is 0.263. The molecule has 3 unspecified atom stereocenters. The maximum absolute atomic E-state index is 7.04. The van der Waals surface area contributed by atoms with Crippen molar-refractivity contribution in [3.63, 3.8) is 0 Å². The molecule has 132 valence electrons. The van der Waals surface area contributed by atoms with Crippen LogP contribution in [0.1, 0.15) is 37.4 Å². The lowest BCUT2D eigenvalue weighted by atomic mass is 10.1. The zero-order valence-electron chi connectivity index (χ0n) is 14.9. The summed E-state index contributed by atoms with van der Waals surface area (Å²) in [6, 6.07) is 24.5. The molecule has 2 heterocycles. The Morgan fingerprint density at radius 1 is 0.920 bits per heavy atom. The highest BCUT2D eigenvalue weighted by molar-refractivity contribution is 6.93. The lowest BCUT2D eigenvalue weighted by Crippen LogP contribution is -2.56. The van der Waals surface area contributed by atoms with Gasteiger partial charge in [-0.05, 0) is 41.3 Å². The van der Waals surface area contributed by atoms with Gasteiger partial charge in [-0.25, -0.2) is 0 Å². The first-order valence-electron chi connectivity index (χ1n) is 9.76. The zero-order valence-corrected chi connectivity index (χ0v) is 17.1. The van der Waals surface area contributed by atoms with E-state index < -0.39 is 17.4 Å². The third kappa shape index (κ3) is 3.97. The van der Waals surface area contributed by atoms with E-state index in [0.717, 1.165) is 13.0 Å². The number of hydrogen-bond donors (Lipinski definition) is 0. The molecule has 2 saturated heterocycles. The summed E-state index contributed by atoms with van der Waals surface area (Å²) in [5.41, 5.74) is 2.60. The van der Waals surface area contributed by atoms with Crippen molar-refractivity contribution in [2.45, 2.75) is 49.5 Å². The molecule has 4 rings (SSSR count). The largest absolute Gasteiger partial charge is 0.420 e. The molecule has 0 spiro atoms. The first-order valence-corrected chi connectivity index (χ1v) is 14.2. The molecule has 25 heavy (non-hydrogen) atoms. The van der Waals surface area contributed by atoms with Gasteiger partial charge >= 0.3 is 0 Å². The van der Waals surface area contributed by atoms with Crippen molar-refractivity contribution < 1.29 is 8.85 Å². The van der Waals surface area contributed by atoms with E-state index in [1.165, 1.54) is 47.8 Å².